The van der Waals surface area contributed by atoms with Crippen molar-refractivity contribution >= 4 is 56.1 Å². The molecule has 44 heavy (non-hydrogen) atoms. The van der Waals surface area contributed by atoms with E-state index < -0.39 is 12.0 Å². The number of allylic oxidation sites excluding steroid dienone is 1. The number of rotatable bonds is 7. The van der Waals surface area contributed by atoms with Gasteiger partial charge in [-0.05, 0) is 59.6 Å². The van der Waals surface area contributed by atoms with Crippen LogP contribution in [0, 0.1) is 0 Å². The molecule has 2 aromatic carbocycles. The number of carbonyl (C=O) groups excluding carboxylic acids is 2. The lowest BCUT2D eigenvalue weighted by molar-refractivity contribution is -0.139. The van der Waals surface area contributed by atoms with E-state index in [-0.39, 0.29) is 24.6 Å². The highest BCUT2D eigenvalue weighted by Crippen LogP contribution is 2.35. The molecule has 10 nitrogen and oxygen atoms in total. The van der Waals surface area contributed by atoms with E-state index in [1.807, 2.05) is 58.1 Å². The Morgan fingerprint density at radius 1 is 1.18 bits per heavy atom. The fourth-order valence-corrected chi connectivity index (χ4v) is 7.28. The minimum Gasteiger partial charge on any atom is -0.496 e. The number of halogens is 1. The van der Waals surface area contributed by atoms with E-state index in [0.717, 1.165) is 16.5 Å². The standard InChI is InChI=1S/C32H31BrN4O6S/c1-4-43-31(40)28-19(2)34-32-37(29(28)20-9-10-25(41-3)23(33)15-20)30(39)26(44-32)16-21-17-36(24-8-6-5-7-22(21)24)18-27(38)35-11-13-42-14-12-35/h5-10,15-17,29H,4,11-14,18H2,1-3H3/b26-16+/t29-/m0/s1. The minimum absolute atomic E-state index is 0.0209. The quantitative estimate of drug-likeness (QED) is 0.278. The van der Waals surface area contributed by atoms with Crippen molar-refractivity contribution in [3.8, 4) is 5.75 Å². The van der Waals surface area contributed by atoms with E-state index in [1.165, 1.54) is 11.3 Å². The van der Waals surface area contributed by atoms with Crippen molar-refractivity contribution in [1.82, 2.24) is 14.0 Å². The molecule has 0 unspecified atom stereocenters. The second-order valence-electron chi connectivity index (χ2n) is 10.4. The van der Waals surface area contributed by atoms with Gasteiger partial charge in [0.2, 0.25) is 5.91 Å². The van der Waals surface area contributed by atoms with Crippen LogP contribution in [0.15, 0.2) is 74.2 Å². The summed E-state index contributed by atoms with van der Waals surface area (Å²) in [5.41, 5.74) is 2.94. The summed E-state index contributed by atoms with van der Waals surface area (Å²) in [7, 11) is 1.58. The number of methoxy groups -OCH3 is 1. The molecule has 0 N–H and O–H groups in total. The van der Waals surface area contributed by atoms with Gasteiger partial charge in [-0.15, -0.1) is 0 Å². The fourth-order valence-electron chi connectivity index (χ4n) is 5.68. The van der Waals surface area contributed by atoms with Crippen molar-refractivity contribution in [2.75, 3.05) is 40.0 Å². The zero-order valence-electron chi connectivity index (χ0n) is 24.5. The third kappa shape index (κ3) is 5.53. The number of para-hydroxylation sites is 1. The molecule has 0 bridgehead atoms. The Kier molecular flexibility index (Phi) is 8.57. The Labute approximate surface area is 265 Å². The van der Waals surface area contributed by atoms with Crippen LogP contribution in [0.2, 0.25) is 0 Å². The van der Waals surface area contributed by atoms with Gasteiger partial charge in [0.05, 0.1) is 53.2 Å². The van der Waals surface area contributed by atoms with Crippen molar-refractivity contribution in [2.24, 2.45) is 4.99 Å². The first kappa shape index (κ1) is 30.0. The Morgan fingerprint density at radius 2 is 1.95 bits per heavy atom. The van der Waals surface area contributed by atoms with E-state index in [9.17, 15) is 14.4 Å². The molecule has 6 rings (SSSR count). The van der Waals surface area contributed by atoms with Crippen LogP contribution < -0.4 is 19.6 Å². The number of hydrogen-bond donors (Lipinski definition) is 0. The van der Waals surface area contributed by atoms with Gasteiger partial charge in [-0.3, -0.25) is 14.2 Å². The van der Waals surface area contributed by atoms with Crippen LogP contribution in [0.5, 0.6) is 5.75 Å². The van der Waals surface area contributed by atoms with Gasteiger partial charge in [-0.2, -0.15) is 0 Å². The topological polar surface area (TPSA) is 104 Å². The van der Waals surface area contributed by atoms with Gasteiger partial charge >= 0.3 is 5.97 Å². The van der Waals surface area contributed by atoms with Gasteiger partial charge in [-0.1, -0.05) is 35.6 Å². The molecule has 228 valence electrons. The van der Waals surface area contributed by atoms with Crippen molar-refractivity contribution in [3.63, 3.8) is 0 Å². The Hall–Kier alpha value is -4.00. The molecule has 1 fully saturated rings. The summed E-state index contributed by atoms with van der Waals surface area (Å²) < 4.78 is 20.9. The SMILES string of the molecule is CCOC(=O)C1=C(C)N=c2s/c(=C/c3cn(CC(=O)N4CCOCC4)c4ccccc34)c(=O)n2[C@H]1c1ccc(OC)c(Br)c1. The molecular formula is C32H31BrN4O6S. The molecule has 4 aromatic rings. The molecule has 0 saturated carbocycles. The summed E-state index contributed by atoms with van der Waals surface area (Å²) in [6.07, 6.45) is 3.75. The molecule has 1 atom stereocenters. The molecule has 4 heterocycles. The number of ether oxygens (including phenoxy) is 3. The van der Waals surface area contributed by atoms with Gasteiger partial charge in [-0.25, -0.2) is 9.79 Å². The second kappa shape index (κ2) is 12.5. The smallest absolute Gasteiger partial charge is 0.338 e. The van der Waals surface area contributed by atoms with Gasteiger partial charge in [0.1, 0.15) is 12.3 Å². The number of esters is 1. The maximum absolute atomic E-state index is 14.2. The predicted molar refractivity (Wildman–Crippen MR) is 170 cm³/mol. The zero-order chi connectivity index (χ0) is 31.0. The van der Waals surface area contributed by atoms with E-state index in [4.69, 9.17) is 14.2 Å². The molecule has 0 aliphatic carbocycles. The number of fused-ring (bicyclic) bond motifs is 2. The van der Waals surface area contributed by atoms with Crippen LogP contribution in [-0.2, 0) is 25.6 Å². The lowest BCUT2D eigenvalue weighted by Crippen LogP contribution is -2.42. The monoisotopic (exact) mass is 678 g/mol. The van der Waals surface area contributed by atoms with Crippen LogP contribution in [0.3, 0.4) is 0 Å². The Balaban J connectivity index is 1.47. The number of nitrogens with zero attached hydrogens (tertiary/aromatic N) is 4. The summed E-state index contributed by atoms with van der Waals surface area (Å²) in [5.74, 6) is 0.128. The number of amides is 1. The first-order valence-electron chi connectivity index (χ1n) is 14.3. The minimum atomic E-state index is -0.748. The molecule has 2 aliphatic heterocycles. The molecule has 2 aliphatic rings. The van der Waals surface area contributed by atoms with Crippen LogP contribution in [0.1, 0.15) is 31.0 Å². The predicted octanol–water partition coefficient (Wildman–Crippen LogP) is 3.38. The number of benzene rings is 2. The highest BCUT2D eigenvalue weighted by Gasteiger charge is 2.33. The zero-order valence-corrected chi connectivity index (χ0v) is 26.9. The van der Waals surface area contributed by atoms with Crippen molar-refractivity contribution < 1.29 is 23.8 Å². The van der Waals surface area contributed by atoms with Gasteiger partial charge in [0.25, 0.3) is 5.56 Å². The van der Waals surface area contributed by atoms with E-state index >= 15 is 0 Å². The fraction of sp³-hybridized carbons (Fsp3) is 0.312. The van der Waals surface area contributed by atoms with Crippen molar-refractivity contribution in [1.29, 1.82) is 0 Å². The number of hydrogen-bond acceptors (Lipinski definition) is 8. The molecule has 1 saturated heterocycles. The summed E-state index contributed by atoms with van der Waals surface area (Å²) in [5, 5.41) is 0.923. The van der Waals surface area contributed by atoms with Crippen molar-refractivity contribution in [2.45, 2.75) is 26.4 Å². The van der Waals surface area contributed by atoms with Crippen LogP contribution in [0.25, 0.3) is 17.0 Å². The lowest BCUT2D eigenvalue weighted by atomic mass is 9.96. The average Bonchev–Trinajstić information content (AvgIpc) is 3.52. The van der Waals surface area contributed by atoms with Crippen molar-refractivity contribution in [3.05, 3.63) is 95.2 Å². The largest absolute Gasteiger partial charge is 0.496 e. The maximum Gasteiger partial charge on any atom is 0.338 e. The Morgan fingerprint density at radius 3 is 2.68 bits per heavy atom. The molecule has 12 heteroatoms. The number of thiazole rings is 1. The normalized spacial score (nSPS) is 17.0. The number of aromatic nitrogens is 2. The van der Waals surface area contributed by atoms with E-state index in [1.54, 1.807) is 31.6 Å². The molecule has 0 radical (unpaired) electrons. The maximum atomic E-state index is 14.2. The highest BCUT2D eigenvalue weighted by molar-refractivity contribution is 9.10. The van der Waals surface area contributed by atoms with E-state index in [2.05, 4.69) is 20.9 Å². The molecular weight excluding hydrogens is 648 g/mol. The van der Waals surface area contributed by atoms with Gasteiger partial charge in [0.15, 0.2) is 4.80 Å². The molecule has 1 amide bonds. The summed E-state index contributed by atoms with van der Waals surface area (Å²) in [4.78, 5) is 47.5. The summed E-state index contributed by atoms with van der Waals surface area (Å²) in [6.45, 7) is 6.10. The first-order chi connectivity index (χ1) is 21.3. The molecule has 2 aromatic heterocycles. The third-order valence-electron chi connectivity index (χ3n) is 7.78. The van der Waals surface area contributed by atoms with Crippen LogP contribution in [-0.4, -0.2) is 65.9 Å². The highest BCUT2D eigenvalue weighted by atomic mass is 79.9. The first-order valence-corrected chi connectivity index (χ1v) is 15.9. The molecule has 0 spiro atoms. The van der Waals surface area contributed by atoms with Crippen LogP contribution in [0.4, 0.5) is 0 Å². The number of morpholine rings is 1. The van der Waals surface area contributed by atoms with Crippen LogP contribution >= 0.6 is 27.3 Å². The lowest BCUT2D eigenvalue weighted by Gasteiger charge is -2.27. The van der Waals surface area contributed by atoms with Gasteiger partial charge < -0.3 is 23.7 Å². The number of carbonyl (C=O) groups is 2. The Bertz CT molecular complexity index is 1990. The second-order valence-corrected chi connectivity index (χ2v) is 12.3. The van der Waals surface area contributed by atoms with Gasteiger partial charge in [0, 0.05) is 35.8 Å². The third-order valence-corrected chi connectivity index (χ3v) is 9.39. The summed E-state index contributed by atoms with van der Waals surface area (Å²) in [6, 6.07) is 12.5. The average molecular weight is 680 g/mol. The summed E-state index contributed by atoms with van der Waals surface area (Å²) >= 11 is 4.80. The van der Waals surface area contributed by atoms with E-state index in [0.29, 0.717) is 62.7 Å².